The first-order valence-corrected chi connectivity index (χ1v) is 3.19. The molecule has 11 heavy (non-hydrogen) atoms. The van der Waals surface area contributed by atoms with E-state index >= 15 is 0 Å². The van der Waals surface area contributed by atoms with Gasteiger partial charge >= 0.3 is 0 Å². The molecule has 1 atom stereocenters. The van der Waals surface area contributed by atoms with Crippen molar-refractivity contribution < 1.29 is 9.59 Å². The molecule has 0 aromatic rings. The summed E-state index contributed by atoms with van der Waals surface area (Å²) in [5.74, 6) is 3.16. The van der Waals surface area contributed by atoms with E-state index in [0.717, 1.165) is 0 Å². The second kappa shape index (κ2) is 3.52. The van der Waals surface area contributed by atoms with Crippen LogP contribution in [0.15, 0.2) is 36.0 Å². The van der Waals surface area contributed by atoms with Gasteiger partial charge in [-0.05, 0) is 6.08 Å². The fraction of sp³-hybridized carbons (Fsp3) is 0.111. The largest absolute Gasteiger partial charge is 0.234 e. The molecule has 54 valence electrons. The van der Waals surface area contributed by atoms with Crippen molar-refractivity contribution in [3.8, 4) is 0 Å². The molecule has 0 aromatic heterocycles. The van der Waals surface area contributed by atoms with Crippen LogP contribution in [-0.4, -0.2) is 11.9 Å². The van der Waals surface area contributed by atoms with Crippen LogP contribution in [0.1, 0.15) is 0 Å². The van der Waals surface area contributed by atoms with Gasteiger partial charge in [0.15, 0.2) is 0 Å². The molecular weight excluding hydrogens is 140 g/mol. The summed E-state index contributed by atoms with van der Waals surface area (Å²) in [5, 5.41) is 0. The summed E-state index contributed by atoms with van der Waals surface area (Å²) in [7, 11) is 0. The fourth-order valence-corrected chi connectivity index (χ4v) is 0.879. The van der Waals surface area contributed by atoms with E-state index in [4.69, 9.17) is 0 Å². The minimum absolute atomic E-state index is 0.241. The van der Waals surface area contributed by atoms with Crippen LogP contribution in [0.2, 0.25) is 0 Å². The first kappa shape index (κ1) is 7.49. The topological polar surface area (TPSA) is 34.1 Å². The first-order valence-electron chi connectivity index (χ1n) is 3.19. The van der Waals surface area contributed by atoms with Crippen LogP contribution in [0.25, 0.3) is 0 Å². The van der Waals surface area contributed by atoms with Crippen molar-refractivity contribution in [2.45, 2.75) is 0 Å². The van der Waals surface area contributed by atoms with Crippen LogP contribution in [0.4, 0.5) is 0 Å². The van der Waals surface area contributed by atoms with E-state index in [1.165, 1.54) is 6.08 Å². The smallest absolute Gasteiger partial charge is 0.128 e. The van der Waals surface area contributed by atoms with Gasteiger partial charge in [0.1, 0.15) is 11.9 Å². The van der Waals surface area contributed by atoms with Gasteiger partial charge in [0.05, 0.1) is 0 Å². The average Bonchev–Trinajstić information content (AvgIpc) is 2.06. The maximum Gasteiger partial charge on any atom is 0.128 e. The predicted molar refractivity (Wildman–Crippen MR) is 41.2 cm³/mol. The lowest BCUT2D eigenvalue weighted by atomic mass is 9.96. The van der Waals surface area contributed by atoms with E-state index in [-0.39, 0.29) is 5.92 Å². The maximum absolute atomic E-state index is 10.2. The Morgan fingerprint density at radius 2 is 2.18 bits per heavy atom. The molecule has 0 N–H and O–H groups in total. The second-order valence-electron chi connectivity index (χ2n) is 2.11. The molecule has 0 heterocycles. The molecule has 1 aliphatic carbocycles. The van der Waals surface area contributed by atoms with Gasteiger partial charge in [-0.1, -0.05) is 18.2 Å². The molecule has 0 radical (unpaired) electrons. The van der Waals surface area contributed by atoms with Crippen LogP contribution in [0.3, 0.4) is 0 Å². The highest BCUT2D eigenvalue weighted by Gasteiger charge is 2.08. The SMILES string of the molecule is O=C=CC1C=CC=CC1=C=O. The fourth-order valence-electron chi connectivity index (χ4n) is 0.879. The summed E-state index contributed by atoms with van der Waals surface area (Å²) < 4.78 is 0. The molecule has 0 spiro atoms. The number of allylic oxidation sites excluding steroid dienone is 6. The third-order valence-corrected chi connectivity index (χ3v) is 1.43. The Hall–Kier alpha value is -1.62. The molecule has 0 saturated carbocycles. The molecule has 0 aromatic carbocycles. The molecule has 1 rings (SSSR count). The van der Waals surface area contributed by atoms with Gasteiger partial charge in [-0.15, -0.1) is 0 Å². The predicted octanol–water partition coefficient (Wildman–Crippen LogP) is 0.874. The van der Waals surface area contributed by atoms with Gasteiger partial charge in [0.2, 0.25) is 0 Å². The molecule has 1 unspecified atom stereocenters. The van der Waals surface area contributed by atoms with Crippen molar-refractivity contribution in [3.63, 3.8) is 0 Å². The Morgan fingerprint density at radius 1 is 1.36 bits per heavy atom. The van der Waals surface area contributed by atoms with E-state index in [1.807, 2.05) is 0 Å². The summed E-state index contributed by atoms with van der Waals surface area (Å²) in [6.45, 7) is 0. The summed E-state index contributed by atoms with van der Waals surface area (Å²) in [6.07, 6.45) is 8.17. The molecule has 0 fully saturated rings. The van der Waals surface area contributed by atoms with Crippen LogP contribution >= 0.6 is 0 Å². The van der Waals surface area contributed by atoms with Gasteiger partial charge < -0.3 is 0 Å². The first-order chi connectivity index (χ1) is 5.38. The summed E-state index contributed by atoms with van der Waals surface area (Å²) >= 11 is 0. The highest BCUT2D eigenvalue weighted by Crippen LogP contribution is 2.15. The lowest BCUT2D eigenvalue weighted by Crippen LogP contribution is -1.98. The number of hydrogen-bond acceptors (Lipinski definition) is 2. The number of carbonyl (C=O) groups excluding carboxylic acids is 2. The number of hydrogen-bond donors (Lipinski definition) is 0. The van der Waals surface area contributed by atoms with Gasteiger partial charge in [-0.2, -0.15) is 0 Å². The van der Waals surface area contributed by atoms with E-state index in [9.17, 15) is 9.59 Å². The molecule has 0 amide bonds. The van der Waals surface area contributed by atoms with Crippen LogP contribution in [0.5, 0.6) is 0 Å². The van der Waals surface area contributed by atoms with Gasteiger partial charge in [0.25, 0.3) is 0 Å². The molecule has 0 saturated heterocycles. The monoisotopic (exact) mass is 146 g/mol. The third kappa shape index (κ3) is 1.65. The van der Waals surface area contributed by atoms with Crippen LogP contribution < -0.4 is 0 Å². The van der Waals surface area contributed by atoms with Gasteiger partial charge in [-0.25, -0.2) is 9.59 Å². The summed E-state index contributed by atoms with van der Waals surface area (Å²) in [6, 6.07) is 0. The highest BCUT2D eigenvalue weighted by molar-refractivity contribution is 5.64. The van der Waals surface area contributed by atoms with Crippen molar-refractivity contribution in [1.29, 1.82) is 0 Å². The Kier molecular flexibility index (Phi) is 2.40. The summed E-state index contributed by atoms with van der Waals surface area (Å²) in [4.78, 5) is 20.2. The Morgan fingerprint density at radius 3 is 2.82 bits per heavy atom. The minimum Gasteiger partial charge on any atom is -0.234 e. The highest BCUT2D eigenvalue weighted by atomic mass is 16.1. The molecule has 2 nitrogen and oxygen atoms in total. The van der Waals surface area contributed by atoms with Crippen molar-refractivity contribution in [1.82, 2.24) is 0 Å². The zero-order valence-electron chi connectivity index (χ0n) is 5.78. The Bertz CT molecular complexity index is 298. The molecule has 0 aliphatic heterocycles. The van der Waals surface area contributed by atoms with Crippen molar-refractivity contribution in [3.05, 3.63) is 36.0 Å². The maximum atomic E-state index is 10.2. The summed E-state index contributed by atoms with van der Waals surface area (Å²) in [5.41, 5.74) is 0.468. The molecular formula is C9H6O2. The third-order valence-electron chi connectivity index (χ3n) is 1.43. The van der Waals surface area contributed by atoms with Crippen LogP contribution in [-0.2, 0) is 9.59 Å². The van der Waals surface area contributed by atoms with E-state index in [0.29, 0.717) is 5.57 Å². The van der Waals surface area contributed by atoms with E-state index < -0.39 is 0 Å². The standard InChI is InChI=1S/C9H6O2/c10-6-5-8-3-1-2-4-9(8)7-11/h1-5,8H. The van der Waals surface area contributed by atoms with E-state index in [2.05, 4.69) is 0 Å². The lowest BCUT2D eigenvalue weighted by molar-refractivity contribution is 0.565. The number of rotatable bonds is 1. The molecule has 0 bridgehead atoms. The average molecular weight is 146 g/mol. The second-order valence-corrected chi connectivity index (χ2v) is 2.11. The molecule has 1 aliphatic rings. The van der Waals surface area contributed by atoms with Crippen molar-refractivity contribution in [2.24, 2.45) is 5.92 Å². The molecule has 2 heteroatoms. The Labute approximate surface area is 64.2 Å². The zero-order valence-corrected chi connectivity index (χ0v) is 5.78. The quantitative estimate of drug-likeness (QED) is 0.514. The van der Waals surface area contributed by atoms with Gasteiger partial charge in [-0.3, -0.25) is 0 Å². The normalized spacial score (nSPS) is 20.7. The Balaban J connectivity index is 2.96. The van der Waals surface area contributed by atoms with Crippen LogP contribution in [0, 0.1) is 5.92 Å². The zero-order chi connectivity index (χ0) is 8.10. The minimum atomic E-state index is -0.241. The van der Waals surface area contributed by atoms with Crippen molar-refractivity contribution in [2.75, 3.05) is 0 Å². The lowest BCUT2D eigenvalue weighted by Gasteiger charge is -2.05. The van der Waals surface area contributed by atoms with Crippen molar-refractivity contribution >= 4 is 11.9 Å². The van der Waals surface area contributed by atoms with Gasteiger partial charge in [0, 0.05) is 17.6 Å². The van der Waals surface area contributed by atoms with E-state index in [1.54, 1.807) is 36.2 Å².